The van der Waals surface area contributed by atoms with E-state index in [9.17, 15) is 4.79 Å². The molecule has 1 aliphatic rings. The van der Waals surface area contributed by atoms with Crippen LogP contribution in [0.25, 0.3) is 0 Å². The normalized spacial score (nSPS) is 27.6. The molecule has 0 spiro atoms. The van der Waals surface area contributed by atoms with E-state index in [1.807, 2.05) is 17.9 Å². The first kappa shape index (κ1) is 13.5. The van der Waals surface area contributed by atoms with Crippen molar-refractivity contribution in [2.24, 2.45) is 11.7 Å². The van der Waals surface area contributed by atoms with Gasteiger partial charge in [0.15, 0.2) is 0 Å². The molecular weight excluding hydrogens is 296 g/mol. The van der Waals surface area contributed by atoms with Gasteiger partial charge in [0.1, 0.15) is 5.54 Å². The van der Waals surface area contributed by atoms with Crippen LogP contribution in [0.3, 0.4) is 0 Å². The number of primary amides is 1. The minimum absolute atomic E-state index is 0.228. The molecule has 1 fully saturated rings. The highest BCUT2D eigenvalue weighted by atomic mass is 79.9. The Bertz CT molecular complexity index is 433. The van der Waals surface area contributed by atoms with Gasteiger partial charge in [-0.2, -0.15) is 5.10 Å². The summed E-state index contributed by atoms with van der Waals surface area (Å²) >= 11 is 3.38. The zero-order valence-electron chi connectivity index (χ0n) is 10.5. The standard InChI is InChI=1S/C12H19BrN4O/c1-15-12(11(14)18)5-2-3-9(12)4-6-17-8-10(13)7-16-17/h7-9,15H,2-6H2,1H3,(H2,14,18). The van der Waals surface area contributed by atoms with Gasteiger partial charge in [-0.3, -0.25) is 9.48 Å². The van der Waals surface area contributed by atoms with Gasteiger partial charge >= 0.3 is 0 Å². The van der Waals surface area contributed by atoms with Crippen LogP contribution in [0.5, 0.6) is 0 Å². The van der Waals surface area contributed by atoms with E-state index in [2.05, 4.69) is 26.3 Å². The molecule has 1 heterocycles. The number of hydrogen-bond acceptors (Lipinski definition) is 3. The third kappa shape index (κ3) is 2.44. The molecule has 1 aromatic rings. The second-order valence-corrected chi connectivity index (χ2v) is 5.80. The summed E-state index contributed by atoms with van der Waals surface area (Å²) in [6.07, 6.45) is 7.57. The summed E-state index contributed by atoms with van der Waals surface area (Å²) < 4.78 is 2.87. The average molecular weight is 315 g/mol. The maximum atomic E-state index is 11.7. The highest BCUT2D eigenvalue weighted by molar-refractivity contribution is 9.10. The van der Waals surface area contributed by atoms with Crippen molar-refractivity contribution in [3.05, 3.63) is 16.9 Å². The Morgan fingerprint density at radius 2 is 2.56 bits per heavy atom. The molecule has 0 aromatic carbocycles. The van der Waals surface area contributed by atoms with Crippen LogP contribution >= 0.6 is 15.9 Å². The first-order valence-corrected chi connectivity index (χ1v) is 7.04. The number of halogens is 1. The van der Waals surface area contributed by atoms with Crippen molar-refractivity contribution in [2.75, 3.05) is 7.05 Å². The Kier molecular flexibility index (Phi) is 4.07. The number of carbonyl (C=O) groups is 1. The molecule has 2 rings (SSSR count). The lowest BCUT2D eigenvalue weighted by molar-refractivity contribution is -0.125. The fraction of sp³-hybridized carbons (Fsp3) is 0.667. The Labute approximate surface area is 115 Å². The molecule has 0 aliphatic heterocycles. The highest BCUT2D eigenvalue weighted by Gasteiger charge is 2.46. The van der Waals surface area contributed by atoms with Crippen LogP contribution < -0.4 is 11.1 Å². The van der Waals surface area contributed by atoms with Crippen LogP contribution in [-0.2, 0) is 11.3 Å². The van der Waals surface area contributed by atoms with Gasteiger partial charge in [-0.1, -0.05) is 6.42 Å². The quantitative estimate of drug-likeness (QED) is 0.860. The lowest BCUT2D eigenvalue weighted by Crippen LogP contribution is -2.56. The third-order valence-corrected chi connectivity index (χ3v) is 4.42. The van der Waals surface area contributed by atoms with Gasteiger partial charge in [0, 0.05) is 12.7 Å². The molecule has 2 atom stereocenters. The average Bonchev–Trinajstić information content (AvgIpc) is 2.92. The molecule has 0 bridgehead atoms. The molecule has 1 aromatic heterocycles. The van der Waals surface area contributed by atoms with E-state index in [0.717, 1.165) is 36.7 Å². The number of nitrogens with one attached hydrogen (secondary N) is 1. The first-order valence-electron chi connectivity index (χ1n) is 6.25. The zero-order chi connectivity index (χ0) is 13.2. The third-order valence-electron chi connectivity index (χ3n) is 4.01. The van der Waals surface area contributed by atoms with E-state index in [-0.39, 0.29) is 5.91 Å². The number of nitrogens with two attached hydrogens (primary N) is 1. The maximum Gasteiger partial charge on any atom is 0.238 e. The number of hydrogen-bond donors (Lipinski definition) is 2. The SMILES string of the molecule is CNC1(C(N)=O)CCCC1CCn1cc(Br)cn1. The lowest BCUT2D eigenvalue weighted by atomic mass is 9.84. The smallest absolute Gasteiger partial charge is 0.238 e. The number of nitrogens with zero attached hydrogens (tertiary/aromatic N) is 2. The fourth-order valence-electron chi connectivity index (χ4n) is 2.99. The van der Waals surface area contributed by atoms with Crippen molar-refractivity contribution >= 4 is 21.8 Å². The van der Waals surface area contributed by atoms with E-state index in [1.54, 1.807) is 6.20 Å². The second-order valence-electron chi connectivity index (χ2n) is 4.89. The van der Waals surface area contributed by atoms with Crippen LogP contribution in [0, 0.1) is 5.92 Å². The number of rotatable bonds is 5. The topological polar surface area (TPSA) is 72.9 Å². The molecule has 18 heavy (non-hydrogen) atoms. The number of carbonyl (C=O) groups excluding carboxylic acids is 1. The van der Waals surface area contributed by atoms with Gasteiger partial charge in [0.2, 0.25) is 5.91 Å². The van der Waals surface area contributed by atoms with Crippen LogP contribution in [0.2, 0.25) is 0 Å². The van der Waals surface area contributed by atoms with Crippen molar-refractivity contribution in [1.82, 2.24) is 15.1 Å². The van der Waals surface area contributed by atoms with E-state index in [0.29, 0.717) is 5.92 Å². The minimum Gasteiger partial charge on any atom is -0.368 e. The molecular formula is C12H19BrN4O. The minimum atomic E-state index is -0.523. The number of likely N-dealkylation sites (N-methyl/N-ethyl adjacent to an activating group) is 1. The summed E-state index contributed by atoms with van der Waals surface area (Å²) in [4.78, 5) is 11.7. The van der Waals surface area contributed by atoms with Crippen LogP contribution in [0.1, 0.15) is 25.7 Å². The predicted molar refractivity (Wildman–Crippen MR) is 72.9 cm³/mol. The van der Waals surface area contributed by atoms with Gasteiger partial charge < -0.3 is 11.1 Å². The Balaban J connectivity index is 2.01. The Hall–Kier alpha value is -0.880. The van der Waals surface area contributed by atoms with Crippen molar-refractivity contribution in [2.45, 2.75) is 37.8 Å². The van der Waals surface area contributed by atoms with Crippen LogP contribution in [-0.4, -0.2) is 28.3 Å². The summed E-state index contributed by atoms with van der Waals surface area (Å²) in [7, 11) is 1.83. The molecule has 2 unspecified atom stereocenters. The maximum absolute atomic E-state index is 11.7. The molecule has 100 valence electrons. The van der Waals surface area contributed by atoms with Crippen molar-refractivity contribution < 1.29 is 4.79 Å². The van der Waals surface area contributed by atoms with Crippen molar-refractivity contribution in [1.29, 1.82) is 0 Å². The van der Waals surface area contributed by atoms with Crippen molar-refractivity contribution in [3.63, 3.8) is 0 Å². The van der Waals surface area contributed by atoms with E-state index in [1.165, 1.54) is 0 Å². The second kappa shape index (κ2) is 5.40. The molecule has 5 nitrogen and oxygen atoms in total. The van der Waals surface area contributed by atoms with E-state index in [4.69, 9.17) is 5.73 Å². The van der Waals surface area contributed by atoms with E-state index < -0.39 is 5.54 Å². The van der Waals surface area contributed by atoms with E-state index >= 15 is 0 Å². The van der Waals surface area contributed by atoms with Gasteiger partial charge in [0.25, 0.3) is 0 Å². The van der Waals surface area contributed by atoms with Crippen LogP contribution in [0.15, 0.2) is 16.9 Å². The summed E-state index contributed by atoms with van der Waals surface area (Å²) in [6.45, 7) is 0.812. The number of aryl methyl sites for hydroxylation is 1. The summed E-state index contributed by atoms with van der Waals surface area (Å²) in [5, 5.41) is 7.38. The molecule has 0 radical (unpaired) electrons. The largest absolute Gasteiger partial charge is 0.368 e. The monoisotopic (exact) mass is 314 g/mol. The van der Waals surface area contributed by atoms with Crippen molar-refractivity contribution in [3.8, 4) is 0 Å². The van der Waals surface area contributed by atoms with Crippen LogP contribution in [0.4, 0.5) is 0 Å². The zero-order valence-corrected chi connectivity index (χ0v) is 12.1. The Morgan fingerprint density at radius 3 is 3.11 bits per heavy atom. The molecule has 1 amide bonds. The molecule has 0 saturated heterocycles. The van der Waals surface area contributed by atoms with Gasteiger partial charge in [0.05, 0.1) is 10.7 Å². The number of aromatic nitrogens is 2. The van der Waals surface area contributed by atoms with Gasteiger partial charge in [-0.15, -0.1) is 0 Å². The molecule has 1 aliphatic carbocycles. The highest BCUT2D eigenvalue weighted by Crippen LogP contribution is 2.37. The first-order chi connectivity index (χ1) is 8.58. The molecule has 3 N–H and O–H groups in total. The fourth-order valence-corrected chi connectivity index (χ4v) is 3.32. The lowest BCUT2D eigenvalue weighted by Gasteiger charge is -2.32. The summed E-state index contributed by atoms with van der Waals surface area (Å²) in [5.74, 6) is 0.0668. The number of amides is 1. The Morgan fingerprint density at radius 1 is 1.78 bits per heavy atom. The summed E-state index contributed by atoms with van der Waals surface area (Å²) in [5.41, 5.74) is 5.05. The van der Waals surface area contributed by atoms with Gasteiger partial charge in [-0.05, 0) is 48.2 Å². The predicted octanol–water partition coefficient (Wildman–Crippen LogP) is 1.28. The molecule has 1 saturated carbocycles. The summed E-state index contributed by atoms with van der Waals surface area (Å²) in [6, 6.07) is 0. The molecule has 6 heteroatoms. The van der Waals surface area contributed by atoms with Gasteiger partial charge in [-0.25, -0.2) is 0 Å².